The molecule has 0 unspecified atom stereocenters. The van der Waals surface area contributed by atoms with E-state index >= 15 is 0 Å². The molecule has 0 spiro atoms. The van der Waals surface area contributed by atoms with Crippen LogP contribution in [-0.4, -0.2) is 0 Å². The van der Waals surface area contributed by atoms with Gasteiger partial charge < -0.3 is 4.90 Å². The van der Waals surface area contributed by atoms with Crippen LogP contribution in [0.3, 0.4) is 0 Å². The van der Waals surface area contributed by atoms with Crippen LogP contribution in [0.25, 0.3) is 43.8 Å². The first kappa shape index (κ1) is 26.3. The van der Waals surface area contributed by atoms with E-state index in [2.05, 4.69) is 172 Å². The van der Waals surface area contributed by atoms with Crippen LogP contribution in [0.2, 0.25) is 0 Å². The van der Waals surface area contributed by atoms with Crippen LogP contribution in [0, 0.1) is 0 Å². The Morgan fingerprint density at radius 2 is 1.07 bits per heavy atom. The van der Waals surface area contributed by atoms with Gasteiger partial charge in [0.25, 0.3) is 0 Å². The average Bonchev–Trinajstić information content (AvgIpc) is 3.44. The zero-order chi connectivity index (χ0) is 30.5. The van der Waals surface area contributed by atoms with Crippen molar-refractivity contribution in [3.63, 3.8) is 0 Å². The highest BCUT2D eigenvalue weighted by Crippen LogP contribution is 2.59. The summed E-state index contributed by atoms with van der Waals surface area (Å²) >= 11 is 0. The van der Waals surface area contributed by atoms with Crippen LogP contribution in [0.4, 0.5) is 17.1 Å². The first-order valence-corrected chi connectivity index (χ1v) is 16.0. The Kier molecular flexibility index (Phi) is 5.37. The summed E-state index contributed by atoms with van der Waals surface area (Å²) < 4.78 is 0. The summed E-state index contributed by atoms with van der Waals surface area (Å²) in [6.45, 7) is 9.55. The molecule has 0 saturated heterocycles. The summed E-state index contributed by atoms with van der Waals surface area (Å²) in [5.41, 5.74) is 14.3. The quantitative estimate of drug-likeness (QED) is 0.202. The maximum Gasteiger partial charge on any atom is 0.0621 e. The molecule has 0 fully saturated rings. The van der Waals surface area contributed by atoms with Crippen molar-refractivity contribution in [1.82, 2.24) is 0 Å². The number of fused-ring (bicyclic) bond motifs is 9. The number of para-hydroxylation sites is 1. The van der Waals surface area contributed by atoms with Crippen molar-refractivity contribution in [2.45, 2.75) is 38.5 Å². The lowest BCUT2D eigenvalue weighted by molar-refractivity contribution is 0.660. The predicted molar refractivity (Wildman–Crippen MR) is 191 cm³/mol. The van der Waals surface area contributed by atoms with E-state index in [4.69, 9.17) is 0 Å². The SMILES string of the molecule is CC1(C)c2ccccc2-c2ccc(N(c3ccccc3)c3c4c(cc5ccccc35)C(C)(C)c3c-4ccc4ccccc34)cc21. The highest BCUT2D eigenvalue weighted by Gasteiger charge is 2.41. The van der Waals surface area contributed by atoms with Crippen LogP contribution in [0.15, 0.2) is 140 Å². The Hall–Kier alpha value is -5.14. The smallest absolute Gasteiger partial charge is 0.0621 e. The third kappa shape index (κ3) is 3.56. The normalized spacial score (nSPS) is 15.0. The lowest BCUT2D eigenvalue weighted by Crippen LogP contribution is -2.18. The second kappa shape index (κ2) is 9.19. The van der Waals surface area contributed by atoms with E-state index < -0.39 is 0 Å². The summed E-state index contributed by atoms with van der Waals surface area (Å²) in [6, 6.07) is 51.9. The number of nitrogens with zero attached hydrogens (tertiary/aromatic N) is 1. The second-order valence-corrected chi connectivity index (χ2v) is 13.8. The molecular formula is C44H35N. The molecule has 1 nitrogen and oxygen atoms in total. The van der Waals surface area contributed by atoms with Gasteiger partial charge in [-0.1, -0.05) is 137 Å². The van der Waals surface area contributed by atoms with Crippen LogP contribution in [-0.2, 0) is 10.8 Å². The molecule has 2 aliphatic rings. The molecule has 7 aromatic carbocycles. The molecule has 0 aromatic heterocycles. The van der Waals surface area contributed by atoms with Gasteiger partial charge in [-0.3, -0.25) is 0 Å². The monoisotopic (exact) mass is 577 g/mol. The highest BCUT2D eigenvalue weighted by molar-refractivity contribution is 6.12. The molecule has 216 valence electrons. The van der Waals surface area contributed by atoms with E-state index in [1.807, 2.05) is 0 Å². The fraction of sp³-hybridized carbons (Fsp3) is 0.136. The van der Waals surface area contributed by atoms with Crippen LogP contribution in [0.1, 0.15) is 49.9 Å². The molecule has 0 heterocycles. The Bertz CT molecular complexity index is 2320. The maximum absolute atomic E-state index is 2.53. The molecule has 0 aliphatic heterocycles. The highest BCUT2D eigenvalue weighted by atomic mass is 15.1. The van der Waals surface area contributed by atoms with E-state index in [-0.39, 0.29) is 10.8 Å². The van der Waals surface area contributed by atoms with Gasteiger partial charge in [0.15, 0.2) is 0 Å². The summed E-state index contributed by atoms with van der Waals surface area (Å²) in [4.78, 5) is 2.53. The molecule has 0 atom stereocenters. The zero-order valence-electron chi connectivity index (χ0n) is 26.2. The van der Waals surface area contributed by atoms with Crippen LogP contribution >= 0.6 is 0 Å². The molecule has 0 radical (unpaired) electrons. The first-order chi connectivity index (χ1) is 21.9. The Labute approximate surface area is 265 Å². The van der Waals surface area contributed by atoms with Gasteiger partial charge in [-0.15, -0.1) is 0 Å². The number of benzene rings is 7. The van der Waals surface area contributed by atoms with E-state index in [9.17, 15) is 0 Å². The lowest BCUT2D eigenvalue weighted by atomic mass is 9.79. The molecule has 2 aliphatic carbocycles. The summed E-state index contributed by atoms with van der Waals surface area (Å²) in [5.74, 6) is 0. The predicted octanol–water partition coefficient (Wildman–Crippen LogP) is 12.1. The summed E-state index contributed by atoms with van der Waals surface area (Å²) in [6.07, 6.45) is 0. The van der Waals surface area contributed by atoms with E-state index in [1.165, 1.54) is 77.4 Å². The average molecular weight is 578 g/mol. The van der Waals surface area contributed by atoms with Crippen LogP contribution in [0.5, 0.6) is 0 Å². The van der Waals surface area contributed by atoms with Gasteiger partial charge in [0.2, 0.25) is 0 Å². The molecule has 0 saturated carbocycles. The van der Waals surface area contributed by atoms with Gasteiger partial charge in [0, 0.05) is 33.2 Å². The number of rotatable bonds is 3. The minimum Gasteiger partial charge on any atom is -0.309 e. The number of hydrogen-bond acceptors (Lipinski definition) is 1. The summed E-state index contributed by atoms with van der Waals surface area (Å²) in [5, 5.41) is 5.17. The van der Waals surface area contributed by atoms with Crippen molar-refractivity contribution < 1.29 is 0 Å². The standard InChI is InChI=1S/C44H35N/c1-43(2)37-21-13-12-20-34(37)35-25-23-31(27-38(35)43)45(30-16-6-5-7-17-30)42-33-19-11-9-15-29(33)26-39-40(42)36-24-22-28-14-8-10-18-32(28)41(36)44(39,3)4/h5-27H,1-4H3. The molecular weight excluding hydrogens is 542 g/mol. The van der Waals surface area contributed by atoms with E-state index in [0.29, 0.717) is 0 Å². The Balaban J connectivity index is 1.39. The Morgan fingerprint density at radius 3 is 1.89 bits per heavy atom. The number of hydrogen-bond donors (Lipinski definition) is 0. The third-order valence-electron chi connectivity index (χ3n) is 10.6. The zero-order valence-corrected chi connectivity index (χ0v) is 26.2. The first-order valence-electron chi connectivity index (χ1n) is 16.0. The fourth-order valence-corrected chi connectivity index (χ4v) is 8.43. The molecule has 9 rings (SSSR count). The van der Waals surface area contributed by atoms with Gasteiger partial charge in [0.05, 0.1) is 5.69 Å². The van der Waals surface area contributed by atoms with Crippen molar-refractivity contribution >= 4 is 38.6 Å². The molecule has 0 bridgehead atoms. The van der Waals surface area contributed by atoms with Gasteiger partial charge >= 0.3 is 0 Å². The Morgan fingerprint density at radius 1 is 0.422 bits per heavy atom. The van der Waals surface area contributed by atoms with Crippen molar-refractivity contribution in [3.8, 4) is 22.3 Å². The van der Waals surface area contributed by atoms with E-state index in [1.54, 1.807) is 0 Å². The van der Waals surface area contributed by atoms with Gasteiger partial charge in [-0.2, -0.15) is 0 Å². The van der Waals surface area contributed by atoms with Crippen molar-refractivity contribution in [2.75, 3.05) is 4.90 Å². The summed E-state index contributed by atoms with van der Waals surface area (Å²) in [7, 11) is 0. The van der Waals surface area contributed by atoms with E-state index in [0.717, 1.165) is 5.69 Å². The fourth-order valence-electron chi connectivity index (χ4n) is 8.43. The van der Waals surface area contributed by atoms with Crippen molar-refractivity contribution in [1.29, 1.82) is 0 Å². The third-order valence-corrected chi connectivity index (χ3v) is 10.6. The minimum absolute atomic E-state index is 0.0848. The van der Waals surface area contributed by atoms with Crippen LogP contribution < -0.4 is 4.90 Å². The van der Waals surface area contributed by atoms with Crippen molar-refractivity contribution in [3.05, 3.63) is 162 Å². The second-order valence-electron chi connectivity index (χ2n) is 13.8. The lowest BCUT2D eigenvalue weighted by Gasteiger charge is -2.31. The molecule has 0 N–H and O–H groups in total. The maximum atomic E-state index is 2.53. The van der Waals surface area contributed by atoms with Gasteiger partial charge in [-0.25, -0.2) is 0 Å². The number of anilines is 3. The molecule has 1 heteroatoms. The van der Waals surface area contributed by atoms with Crippen molar-refractivity contribution in [2.24, 2.45) is 0 Å². The van der Waals surface area contributed by atoms with Gasteiger partial charge in [-0.05, 0) is 85.4 Å². The topological polar surface area (TPSA) is 3.24 Å². The molecule has 7 aromatic rings. The molecule has 45 heavy (non-hydrogen) atoms. The largest absolute Gasteiger partial charge is 0.309 e. The minimum atomic E-state index is -0.158. The van der Waals surface area contributed by atoms with Gasteiger partial charge in [0.1, 0.15) is 0 Å². The molecule has 0 amide bonds.